The van der Waals surface area contributed by atoms with E-state index in [9.17, 15) is 4.79 Å². The summed E-state index contributed by atoms with van der Waals surface area (Å²) in [5, 5.41) is 13.3. The van der Waals surface area contributed by atoms with Crippen molar-refractivity contribution in [3.05, 3.63) is 45.9 Å². The molecule has 6 heteroatoms. The van der Waals surface area contributed by atoms with Crippen molar-refractivity contribution in [3.8, 4) is 0 Å². The van der Waals surface area contributed by atoms with E-state index < -0.39 is 0 Å². The number of amides is 1. The molecule has 1 aromatic carbocycles. The predicted molar refractivity (Wildman–Crippen MR) is 94.9 cm³/mol. The number of hydrogen-bond donors (Lipinski definition) is 1. The smallest absolute Gasteiger partial charge is 0.250 e. The highest BCUT2D eigenvalue weighted by molar-refractivity contribution is 7.15. The molecule has 0 bridgehead atoms. The van der Waals surface area contributed by atoms with Gasteiger partial charge in [-0.1, -0.05) is 60.4 Å². The molecule has 0 saturated heterocycles. The van der Waals surface area contributed by atoms with E-state index in [2.05, 4.69) is 15.5 Å². The summed E-state index contributed by atoms with van der Waals surface area (Å²) in [5.74, 6) is 0.279. The molecule has 23 heavy (non-hydrogen) atoms. The van der Waals surface area contributed by atoms with Crippen molar-refractivity contribution in [2.75, 3.05) is 5.32 Å². The molecule has 1 N–H and O–H groups in total. The Kier molecular flexibility index (Phi) is 5.41. The molecule has 1 saturated carbocycles. The van der Waals surface area contributed by atoms with Gasteiger partial charge in [-0.05, 0) is 30.5 Å². The van der Waals surface area contributed by atoms with E-state index in [1.807, 2.05) is 18.2 Å². The third kappa shape index (κ3) is 4.39. The molecular formula is C17H18ClN3OS. The largest absolute Gasteiger partial charge is 0.297 e. The maximum atomic E-state index is 12.0. The minimum atomic E-state index is -0.226. The summed E-state index contributed by atoms with van der Waals surface area (Å²) in [6, 6.07) is 7.39. The fourth-order valence-electron chi connectivity index (χ4n) is 2.72. The Bertz CT molecular complexity index is 707. The quantitative estimate of drug-likeness (QED) is 0.801. The van der Waals surface area contributed by atoms with Crippen molar-refractivity contribution in [2.24, 2.45) is 0 Å². The van der Waals surface area contributed by atoms with Gasteiger partial charge in [0.25, 0.3) is 0 Å². The van der Waals surface area contributed by atoms with Gasteiger partial charge in [0.1, 0.15) is 5.01 Å². The lowest BCUT2D eigenvalue weighted by Crippen LogP contribution is -2.07. The van der Waals surface area contributed by atoms with Gasteiger partial charge in [0.15, 0.2) is 0 Å². The molecule has 1 aliphatic rings. The van der Waals surface area contributed by atoms with Crippen molar-refractivity contribution >= 4 is 40.1 Å². The van der Waals surface area contributed by atoms with Crippen LogP contribution in [-0.4, -0.2) is 16.1 Å². The van der Waals surface area contributed by atoms with Gasteiger partial charge in [0.2, 0.25) is 11.0 Å². The molecule has 1 amide bonds. The van der Waals surface area contributed by atoms with Crippen LogP contribution in [0.1, 0.15) is 48.6 Å². The maximum Gasteiger partial charge on any atom is 0.250 e. The fraction of sp³-hybridized carbons (Fsp3) is 0.353. The van der Waals surface area contributed by atoms with Crippen LogP contribution in [0, 0.1) is 0 Å². The molecule has 1 heterocycles. The zero-order chi connectivity index (χ0) is 16.1. The number of carbonyl (C=O) groups excluding carboxylic acids is 1. The normalized spacial score (nSPS) is 15.9. The Hall–Kier alpha value is -1.72. The zero-order valence-electron chi connectivity index (χ0n) is 12.7. The number of anilines is 1. The van der Waals surface area contributed by atoms with E-state index >= 15 is 0 Å². The van der Waals surface area contributed by atoms with Crippen LogP contribution in [0.5, 0.6) is 0 Å². The summed E-state index contributed by atoms with van der Waals surface area (Å²) < 4.78 is 0. The van der Waals surface area contributed by atoms with Crippen LogP contribution in [0.15, 0.2) is 30.3 Å². The molecule has 1 aromatic heterocycles. The van der Waals surface area contributed by atoms with Crippen molar-refractivity contribution in [1.82, 2.24) is 10.2 Å². The molecular weight excluding hydrogens is 330 g/mol. The molecule has 4 nitrogen and oxygen atoms in total. The van der Waals surface area contributed by atoms with Gasteiger partial charge in [0.05, 0.1) is 0 Å². The first-order chi connectivity index (χ1) is 11.2. The van der Waals surface area contributed by atoms with Crippen molar-refractivity contribution < 1.29 is 4.79 Å². The maximum absolute atomic E-state index is 12.0. The summed E-state index contributed by atoms with van der Waals surface area (Å²) in [7, 11) is 0. The summed E-state index contributed by atoms with van der Waals surface area (Å²) >= 11 is 7.53. The van der Waals surface area contributed by atoms with E-state index in [-0.39, 0.29) is 5.91 Å². The Morgan fingerprint density at radius 2 is 2.00 bits per heavy atom. The number of halogens is 1. The average Bonchev–Trinajstić information content (AvgIpc) is 3.03. The van der Waals surface area contributed by atoms with Gasteiger partial charge in [-0.2, -0.15) is 0 Å². The van der Waals surface area contributed by atoms with Gasteiger partial charge >= 0.3 is 0 Å². The number of hydrogen-bond acceptors (Lipinski definition) is 4. The SMILES string of the molecule is O=C(C=Cc1ccccc1Cl)Nc1nnc(C2CCCCC2)s1. The summed E-state index contributed by atoms with van der Waals surface area (Å²) in [5.41, 5.74) is 0.810. The van der Waals surface area contributed by atoms with Crippen LogP contribution in [-0.2, 0) is 4.79 Å². The number of rotatable bonds is 4. The molecule has 3 rings (SSSR count). The topological polar surface area (TPSA) is 54.9 Å². The van der Waals surface area contributed by atoms with Crippen LogP contribution in [0.3, 0.4) is 0 Å². The van der Waals surface area contributed by atoms with Crippen LogP contribution < -0.4 is 5.32 Å². The Balaban J connectivity index is 1.60. The van der Waals surface area contributed by atoms with E-state index in [4.69, 9.17) is 11.6 Å². The lowest BCUT2D eigenvalue weighted by molar-refractivity contribution is -0.111. The van der Waals surface area contributed by atoms with E-state index in [0.717, 1.165) is 10.6 Å². The highest BCUT2D eigenvalue weighted by atomic mass is 35.5. The minimum Gasteiger partial charge on any atom is -0.297 e. The van der Waals surface area contributed by atoms with E-state index in [1.54, 1.807) is 12.1 Å². The third-order valence-electron chi connectivity index (χ3n) is 3.94. The second-order valence-corrected chi connectivity index (χ2v) is 7.04. The van der Waals surface area contributed by atoms with Gasteiger partial charge in [-0.25, -0.2) is 0 Å². The van der Waals surface area contributed by atoms with Crippen molar-refractivity contribution in [3.63, 3.8) is 0 Å². The first-order valence-corrected chi connectivity index (χ1v) is 8.99. The van der Waals surface area contributed by atoms with Gasteiger partial charge < -0.3 is 0 Å². The molecule has 0 atom stereocenters. The van der Waals surface area contributed by atoms with Gasteiger partial charge in [-0.3, -0.25) is 10.1 Å². The number of nitrogens with one attached hydrogen (secondary N) is 1. The van der Waals surface area contributed by atoms with Gasteiger partial charge in [0, 0.05) is 17.0 Å². The van der Waals surface area contributed by atoms with Gasteiger partial charge in [-0.15, -0.1) is 10.2 Å². The number of benzene rings is 1. The van der Waals surface area contributed by atoms with Crippen LogP contribution in [0.4, 0.5) is 5.13 Å². The minimum absolute atomic E-state index is 0.226. The molecule has 0 spiro atoms. The number of nitrogens with zero attached hydrogens (tertiary/aromatic N) is 2. The van der Waals surface area contributed by atoms with E-state index in [1.165, 1.54) is 49.5 Å². The lowest BCUT2D eigenvalue weighted by atomic mass is 9.90. The summed E-state index contributed by atoms with van der Waals surface area (Å²) in [6.07, 6.45) is 9.33. The second-order valence-electron chi connectivity index (χ2n) is 5.62. The molecule has 2 aromatic rings. The molecule has 0 unspecified atom stereocenters. The molecule has 1 fully saturated rings. The molecule has 0 radical (unpaired) electrons. The number of aromatic nitrogens is 2. The second kappa shape index (κ2) is 7.70. The molecule has 0 aliphatic heterocycles. The Labute approximate surface area is 144 Å². The first kappa shape index (κ1) is 16.1. The highest BCUT2D eigenvalue weighted by Crippen LogP contribution is 2.35. The van der Waals surface area contributed by atoms with Crippen LogP contribution in [0.2, 0.25) is 5.02 Å². The average molecular weight is 348 g/mol. The standard InChI is InChI=1S/C17H18ClN3OS/c18-14-9-5-4-6-12(14)10-11-15(22)19-17-21-20-16(23-17)13-7-2-1-3-8-13/h4-6,9-11,13H,1-3,7-8H2,(H,19,21,22). The molecule has 1 aliphatic carbocycles. The highest BCUT2D eigenvalue weighted by Gasteiger charge is 2.19. The first-order valence-electron chi connectivity index (χ1n) is 7.79. The Morgan fingerprint density at radius 3 is 2.78 bits per heavy atom. The van der Waals surface area contributed by atoms with Crippen LogP contribution >= 0.6 is 22.9 Å². The lowest BCUT2D eigenvalue weighted by Gasteiger charge is -2.18. The Morgan fingerprint density at radius 1 is 1.22 bits per heavy atom. The monoisotopic (exact) mass is 347 g/mol. The van der Waals surface area contributed by atoms with Crippen molar-refractivity contribution in [2.45, 2.75) is 38.0 Å². The van der Waals surface area contributed by atoms with Crippen molar-refractivity contribution in [1.29, 1.82) is 0 Å². The summed E-state index contributed by atoms with van der Waals surface area (Å²) in [4.78, 5) is 12.0. The zero-order valence-corrected chi connectivity index (χ0v) is 14.2. The van der Waals surface area contributed by atoms with E-state index in [0.29, 0.717) is 16.1 Å². The number of carbonyl (C=O) groups is 1. The summed E-state index contributed by atoms with van der Waals surface area (Å²) in [6.45, 7) is 0. The third-order valence-corrected chi connectivity index (χ3v) is 5.29. The molecule has 120 valence electrons. The van der Waals surface area contributed by atoms with Crippen LogP contribution in [0.25, 0.3) is 6.08 Å². The predicted octanol–water partition coefficient (Wildman–Crippen LogP) is 4.89. The fourth-order valence-corrected chi connectivity index (χ4v) is 3.84.